The van der Waals surface area contributed by atoms with Crippen LogP contribution in [0, 0.1) is 0 Å². The molecule has 0 amide bonds. The fourth-order valence-corrected chi connectivity index (χ4v) is 10.5. The molecule has 1 fully saturated rings. The fourth-order valence-electron chi connectivity index (χ4n) is 4.05. The fraction of sp³-hybridized carbons (Fsp3) is 0.250. The molecule has 0 aliphatic carbocycles. The third kappa shape index (κ3) is 8.14. The Morgan fingerprint density at radius 1 is 1.07 bits per heavy atom. The molecular weight excluding hydrogens is 571 g/mol. The highest BCUT2D eigenvalue weighted by molar-refractivity contribution is 8.55. The molecule has 3 N–H and O–H groups in total. The Bertz CT molecular complexity index is 1380. The Balaban J connectivity index is 1.34. The van der Waals surface area contributed by atoms with Crippen LogP contribution in [-0.4, -0.2) is 34.9 Å². The summed E-state index contributed by atoms with van der Waals surface area (Å²) in [4.78, 5) is 8.15. The molecule has 1 aliphatic heterocycles. The maximum Gasteiger partial charge on any atom is 0.416 e. The number of rotatable bonds is 8. The Morgan fingerprint density at radius 3 is 2.45 bits per heavy atom. The lowest BCUT2D eigenvalue weighted by Crippen LogP contribution is -2.43. The number of halogens is 3. The molecule has 3 atom stereocenters. The van der Waals surface area contributed by atoms with E-state index in [2.05, 4.69) is 68.1 Å². The molecule has 40 heavy (non-hydrogen) atoms. The minimum atomic E-state index is -4.38. The molecule has 1 aliphatic rings. The lowest BCUT2D eigenvalue weighted by Gasteiger charge is -2.36. The van der Waals surface area contributed by atoms with E-state index in [0.717, 1.165) is 30.7 Å². The maximum absolute atomic E-state index is 12.7. The van der Waals surface area contributed by atoms with Crippen molar-refractivity contribution in [1.82, 2.24) is 5.53 Å². The summed E-state index contributed by atoms with van der Waals surface area (Å²) in [7, 11) is 2.55. The number of nitrogens with two attached hydrogens (primary N) is 1. The largest absolute Gasteiger partial charge is 0.416 e. The van der Waals surface area contributed by atoms with Crippen molar-refractivity contribution in [2.45, 2.75) is 32.4 Å². The van der Waals surface area contributed by atoms with E-state index in [4.69, 9.17) is 5.73 Å². The van der Waals surface area contributed by atoms with Gasteiger partial charge in [0, 0.05) is 12.0 Å². The molecular formula is C28H32F3N6P2S+. The van der Waals surface area contributed by atoms with Crippen LogP contribution in [0.2, 0.25) is 0 Å². The van der Waals surface area contributed by atoms with Gasteiger partial charge < -0.3 is 5.73 Å². The summed E-state index contributed by atoms with van der Waals surface area (Å²) >= 11 is 1.91. The van der Waals surface area contributed by atoms with Crippen molar-refractivity contribution >= 4 is 57.5 Å². The second-order valence-electron chi connectivity index (χ2n) is 9.55. The number of alkyl halides is 3. The smallest absolute Gasteiger partial charge is 0.383 e. The zero-order chi connectivity index (χ0) is 28.8. The highest BCUT2D eigenvalue weighted by Crippen LogP contribution is 2.59. The van der Waals surface area contributed by atoms with Gasteiger partial charge in [0.05, 0.1) is 24.6 Å². The summed E-state index contributed by atoms with van der Waals surface area (Å²) in [6.07, 6.45) is 0.929. The molecule has 3 aromatic carbocycles. The number of amidine groups is 1. The molecule has 0 saturated carbocycles. The monoisotopic (exact) mass is 603 g/mol. The van der Waals surface area contributed by atoms with Gasteiger partial charge in [-0.05, 0) is 52.8 Å². The van der Waals surface area contributed by atoms with Crippen LogP contribution >= 0.6 is 28.1 Å². The highest BCUT2D eigenvalue weighted by atomic mass is 32.7. The number of aliphatic imine (C=N–C) groups is 2. The molecule has 12 heteroatoms. The summed E-state index contributed by atoms with van der Waals surface area (Å²) in [5, 5.41) is 5.98. The Kier molecular flexibility index (Phi) is 10.0. The number of hydrogen-bond acceptors (Lipinski definition) is 4. The molecule has 4 rings (SSSR count). The van der Waals surface area contributed by atoms with Gasteiger partial charge >= 0.3 is 6.18 Å². The average molecular weight is 604 g/mol. The predicted molar refractivity (Wildman–Crippen MR) is 166 cm³/mol. The van der Waals surface area contributed by atoms with E-state index in [-0.39, 0.29) is 13.0 Å². The first kappa shape index (κ1) is 30.2. The number of nitrogens with zero attached hydrogens (tertiary/aromatic N) is 4. The summed E-state index contributed by atoms with van der Waals surface area (Å²) in [6, 6.07) is 20.7. The Labute approximate surface area is 240 Å². The van der Waals surface area contributed by atoms with Crippen LogP contribution in [0.4, 0.5) is 18.9 Å². The lowest BCUT2D eigenvalue weighted by atomic mass is 10.0. The van der Waals surface area contributed by atoms with Crippen molar-refractivity contribution in [3.63, 3.8) is 0 Å². The van der Waals surface area contributed by atoms with E-state index in [1.165, 1.54) is 35.5 Å². The van der Waals surface area contributed by atoms with Crippen LogP contribution in [0.5, 0.6) is 0 Å². The van der Waals surface area contributed by atoms with Crippen LogP contribution in [-0.2, 0) is 6.18 Å². The lowest BCUT2D eigenvalue weighted by molar-refractivity contribution is -0.707. The van der Waals surface area contributed by atoms with Gasteiger partial charge in [-0.3, -0.25) is 0 Å². The van der Waals surface area contributed by atoms with Crippen LogP contribution < -0.4 is 16.6 Å². The van der Waals surface area contributed by atoms with Crippen LogP contribution in [0.25, 0.3) is 0 Å². The van der Waals surface area contributed by atoms with Gasteiger partial charge in [0.2, 0.25) is 0 Å². The Hall–Kier alpha value is -2.77. The maximum atomic E-state index is 12.7. The molecule has 210 valence electrons. The summed E-state index contributed by atoms with van der Waals surface area (Å²) < 4.78 is 38.6. The molecule has 3 aromatic rings. The van der Waals surface area contributed by atoms with Crippen molar-refractivity contribution in [2.24, 2.45) is 20.8 Å². The van der Waals surface area contributed by atoms with E-state index in [1.54, 1.807) is 6.21 Å². The van der Waals surface area contributed by atoms with Gasteiger partial charge in [0.25, 0.3) is 0 Å². The second kappa shape index (κ2) is 13.3. The van der Waals surface area contributed by atoms with E-state index >= 15 is 0 Å². The van der Waals surface area contributed by atoms with Crippen molar-refractivity contribution in [3.05, 3.63) is 95.1 Å². The topological polar surface area (TPSA) is 75.1 Å². The van der Waals surface area contributed by atoms with Gasteiger partial charge in [0.15, 0.2) is 0 Å². The number of hydrogen-bond donors (Lipinski definition) is 2. The SMILES string of the molecule is CC(C)c1ccccc1P1CCC[N+](P)(N/N=C/c2ccc(C(N)=NC=Nc3ccc(C(F)(F)F)cc3)cc2)S1. The molecule has 6 nitrogen and oxygen atoms in total. The first-order valence-electron chi connectivity index (χ1n) is 12.7. The van der Waals surface area contributed by atoms with Gasteiger partial charge in [-0.2, -0.15) is 13.2 Å². The minimum Gasteiger partial charge on any atom is -0.383 e. The average Bonchev–Trinajstić information content (AvgIpc) is 2.93. The van der Waals surface area contributed by atoms with E-state index in [1.807, 2.05) is 35.8 Å². The van der Waals surface area contributed by atoms with Crippen molar-refractivity contribution < 1.29 is 16.9 Å². The summed E-state index contributed by atoms with van der Waals surface area (Å²) in [5.74, 6) is 0.735. The third-order valence-corrected chi connectivity index (χ3v) is 12.4. The molecule has 0 bridgehead atoms. The van der Waals surface area contributed by atoms with E-state index in [0.29, 0.717) is 20.9 Å². The van der Waals surface area contributed by atoms with Gasteiger partial charge in [0.1, 0.15) is 39.7 Å². The highest BCUT2D eigenvalue weighted by Gasteiger charge is 2.36. The molecule has 1 heterocycles. The van der Waals surface area contributed by atoms with Crippen molar-refractivity contribution in [1.29, 1.82) is 0 Å². The molecule has 0 radical (unpaired) electrons. The quantitative estimate of drug-likeness (QED) is 0.0948. The zero-order valence-electron chi connectivity index (χ0n) is 22.2. The first-order valence-corrected chi connectivity index (χ1v) is 16.1. The molecule has 1 saturated heterocycles. The van der Waals surface area contributed by atoms with E-state index < -0.39 is 11.7 Å². The van der Waals surface area contributed by atoms with Crippen molar-refractivity contribution in [2.75, 3.05) is 12.7 Å². The van der Waals surface area contributed by atoms with Crippen LogP contribution in [0.15, 0.2) is 87.9 Å². The number of benzene rings is 3. The van der Waals surface area contributed by atoms with Gasteiger partial charge in [-0.15, -0.1) is 14.4 Å². The predicted octanol–water partition coefficient (Wildman–Crippen LogP) is 7.11. The van der Waals surface area contributed by atoms with Gasteiger partial charge in [-0.25, -0.2) is 9.98 Å². The zero-order valence-corrected chi connectivity index (χ0v) is 25.1. The molecule has 3 unspecified atom stereocenters. The normalized spacial score (nSPS) is 20.5. The minimum absolute atomic E-state index is 0.242. The van der Waals surface area contributed by atoms with Gasteiger partial charge in [-0.1, -0.05) is 62.4 Å². The molecule has 0 aromatic heterocycles. The molecule has 0 spiro atoms. The van der Waals surface area contributed by atoms with Crippen LogP contribution in [0.3, 0.4) is 0 Å². The third-order valence-electron chi connectivity index (χ3n) is 6.17. The number of nitrogens with one attached hydrogen (secondary N) is 1. The number of hydrazone groups is 1. The standard InChI is InChI=1S/C28H32F3N6P2S/c1-20(2)25-6-3-4-7-26(25)39-17-5-16-37(38,40-39)36-35-18-21-8-10-22(11-9-21)27(32)34-19-33-24-14-12-23(13-15-24)28(29,30)31/h3-4,6-15,18-20,36H,5,16-17,38H2,1-2H3,(H2,32,33,34)/q+1/b35-18+. The summed E-state index contributed by atoms with van der Waals surface area (Å²) in [5.41, 5.74) is 12.0. The van der Waals surface area contributed by atoms with Crippen LogP contribution in [0.1, 0.15) is 48.4 Å². The second-order valence-corrected chi connectivity index (χ2v) is 15.1. The number of quaternary nitrogens is 1. The Morgan fingerprint density at radius 2 is 1.77 bits per heavy atom. The summed E-state index contributed by atoms with van der Waals surface area (Å²) in [6.45, 7) is 5.45. The first-order chi connectivity index (χ1) is 19.0. The van der Waals surface area contributed by atoms with E-state index in [9.17, 15) is 13.2 Å². The van der Waals surface area contributed by atoms with Crippen molar-refractivity contribution in [3.8, 4) is 0 Å².